The summed E-state index contributed by atoms with van der Waals surface area (Å²) >= 11 is 0. The first-order valence-corrected chi connectivity index (χ1v) is 7.62. The van der Waals surface area contributed by atoms with Crippen LogP contribution in [0.1, 0.15) is 11.1 Å². The quantitative estimate of drug-likeness (QED) is 0.626. The van der Waals surface area contributed by atoms with Crippen molar-refractivity contribution in [2.75, 3.05) is 5.32 Å². The van der Waals surface area contributed by atoms with E-state index in [1.165, 1.54) is 5.56 Å². The number of nitrogens with one attached hydrogen (secondary N) is 1. The van der Waals surface area contributed by atoms with Crippen molar-refractivity contribution in [2.24, 2.45) is 16.0 Å². The minimum Gasteiger partial charge on any atom is -0.351 e. The molecule has 5 nitrogen and oxygen atoms in total. The van der Waals surface area contributed by atoms with Gasteiger partial charge in [0.05, 0.1) is 11.4 Å². The molecule has 0 aliphatic rings. The minimum atomic E-state index is -0.627. The van der Waals surface area contributed by atoms with Crippen molar-refractivity contribution < 1.29 is 4.79 Å². The molecule has 0 aromatic heterocycles. The molecule has 2 amide bonds. The van der Waals surface area contributed by atoms with Crippen LogP contribution in [0.3, 0.4) is 0 Å². The summed E-state index contributed by atoms with van der Waals surface area (Å²) in [7, 11) is 0. The van der Waals surface area contributed by atoms with Crippen molar-refractivity contribution in [3.05, 3.63) is 65.7 Å². The van der Waals surface area contributed by atoms with Crippen molar-refractivity contribution >= 4 is 33.9 Å². The number of aryl methyl sites for hydroxylation is 2. The van der Waals surface area contributed by atoms with Crippen LogP contribution in [0.5, 0.6) is 0 Å². The van der Waals surface area contributed by atoms with Crippen LogP contribution < -0.4 is 11.1 Å². The van der Waals surface area contributed by atoms with Gasteiger partial charge in [0.25, 0.3) is 0 Å². The van der Waals surface area contributed by atoms with Gasteiger partial charge in [-0.25, -0.2) is 4.79 Å². The highest BCUT2D eigenvalue weighted by molar-refractivity contribution is 5.95. The van der Waals surface area contributed by atoms with E-state index in [1.54, 1.807) is 6.07 Å². The number of anilines is 1. The van der Waals surface area contributed by atoms with Gasteiger partial charge >= 0.3 is 6.03 Å². The van der Waals surface area contributed by atoms with Gasteiger partial charge in [-0.3, -0.25) is 0 Å². The molecule has 0 spiro atoms. The molecular weight excluding hydrogens is 300 g/mol. The topological polar surface area (TPSA) is 79.8 Å². The number of urea groups is 1. The third-order valence-electron chi connectivity index (χ3n) is 3.79. The summed E-state index contributed by atoms with van der Waals surface area (Å²) in [5.41, 5.74) is 9.29. The number of benzene rings is 3. The zero-order valence-electron chi connectivity index (χ0n) is 13.6. The number of primary amides is 1. The molecule has 3 rings (SSSR count). The molecule has 0 aliphatic heterocycles. The zero-order chi connectivity index (χ0) is 17.1. The van der Waals surface area contributed by atoms with Gasteiger partial charge in [-0.05, 0) is 48.6 Å². The first-order valence-electron chi connectivity index (χ1n) is 7.62. The van der Waals surface area contributed by atoms with E-state index in [4.69, 9.17) is 5.73 Å². The van der Waals surface area contributed by atoms with E-state index >= 15 is 0 Å². The number of azo groups is 1. The first-order chi connectivity index (χ1) is 11.5. The van der Waals surface area contributed by atoms with E-state index in [2.05, 4.69) is 28.5 Å². The van der Waals surface area contributed by atoms with Crippen LogP contribution in [-0.4, -0.2) is 6.03 Å². The van der Waals surface area contributed by atoms with Crippen LogP contribution in [0.25, 0.3) is 10.8 Å². The number of amides is 2. The fourth-order valence-electron chi connectivity index (χ4n) is 2.60. The van der Waals surface area contributed by atoms with Gasteiger partial charge in [-0.2, -0.15) is 0 Å². The summed E-state index contributed by atoms with van der Waals surface area (Å²) in [4.78, 5) is 11.2. The second kappa shape index (κ2) is 6.50. The highest BCUT2D eigenvalue weighted by Gasteiger charge is 2.06. The lowest BCUT2D eigenvalue weighted by atomic mass is 10.0. The number of hydrogen-bond donors (Lipinski definition) is 2. The summed E-state index contributed by atoms with van der Waals surface area (Å²) in [5, 5.41) is 13.4. The van der Waals surface area contributed by atoms with Gasteiger partial charge in [0.2, 0.25) is 0 Å². The van der Waals surface area contributed by atoms with E-state index in [1.807, 2.05) is 49.4 Å². The minimum absolute atomic E-state index is 0.544. The standard InChI is InChI=1S/C19H18N4O/c1-12-7-9-17(18(11-12)21-19(20)24)23-22-16-10-8-13(2)14-5-3-4-6-15(14)16/h3-11H,1-2H3,(H3,20,21,24). The van der Waals surface area contributed by atoms with Crippen LogP contribution in [0.15, 0.2) is 64.8 Å². The average molecular weight is 318 g/mol. The van der Waals surface area contributed by atoms with Crippen molar-refractivity contribution in [1.82, 2.24) is 0 Å². The maximum absolute atomic E-state index is 11.2. The van der Waals surface area contributed by atoms with Crippen LogP contribution in [0, 0.1) is 13.8 Å². The highest BCUT2D eigenvalue weighted by atomic mass is 16.2. The zero-order valence-corrected chi connectivity index (χ0v) is 13.6. The molecule has 0 atom stereocenters. The van der Waals surface area contributed by atoms with Gasteiger partial charge in [0, 0.05) is 5.39 Å². The smallest absolute Gasteiger partial charge is 0.316 e. The number of rotatable bonds is 3. The number of carbonyl (C=O) groups is 1. The third kappa shape index (κ3) is 3.25. The Balaban J connectivity index is 2.03. The van der Waals surface area contributed by atoms with E-state index in [-0.39, 0.29) is 0 Å². The summed E-state index contributed by atoms with van der Waals surface area (Å²) in [6.45, 7) is 4.00. The molecule has 0 saturated heterocycles. The van der Waals surface area contributed by atoms with Crippen LogP contribution in [0.2, 0.25) is 0 Å². The molecule has 0 unspecified atom stereocenters. The molecule has 24 heavy (non-hydrogen) atoms. The van der Waals surface area contributed by atoms with Crippen LogP contribution >= 0.6 is 0 Å². The Morgan fingerprint density at radius 1 is 0.917 bits per heavy atom. The van der Waals surface area contributed by atoms with Gasteiger partial charge in [-0.15, -0.1) is 10.2 Å². The van der Waals surface area contributed by atoms with Crippen molar-refractivity contribution in [3.8, 4) is 0 Å². The lowest BCUT2D eigenvalue weighted by Gasteiger charge is -2.07. The van der Waals surface area contributed by atoms with Gasteiger partial charge < -0.3 is 11.1 Å². The molecule has 0 saturated carbocycles. The number of carbonyl (C=O) groups excluding carboxylic acids is 1. The van der Waals surface area contributed by atoms with Crippen molar-refractivity contribution in [2.45, 2.75) is 13.8 Å². The molecule has 5 heteroatoms. The molecule has 0 aliphatic carbocycles. The third-order valence-corrected chi connectivity index (χ3v) is 3.79. The molecular formula is C19H18N4O. The molecule has 0 heterocycles. The van der Waals surface area contributed by atoms with E-state index in [0.717, 1.165) is 22.0 Å². The summed E-state index contributed by atoms with van der Waals surface area (Å²) < 4.78 is 0. The van der Waals surface area contributed by atoms with Crippen LogP contribution in [-0.2, 0) is 0 Å². The lowest BCUT2D eigenvalue weighted by molar-refractivity contribution is 0.259. The number of hydrogen-bond acceptors (Lipinski definition) is 3. The van der Waals surface area contributed by atoms with E-state index < -0.39 is 6.03 Å². The number of nitrogens with zero attached hydrogens (tertiary/aromatic N) is 2. The second-order valence-electron chi connectivity index (χ2n) is 5.66. The summed E-state index contributed by atoms with van der Waals surface area (Å²) in [6.07, 6.45) is 0. The SMILES string of the molecule is Cc1ccc(N=Nc2ccc(C)c3ccccc23)c(NC(N)=O)c1. The summed E-state index contributed by atoms with van der Waals surface area (Å²) in [6, 6.07) is 16.9. The lowest BCUT2D eigenvalue weighted by Crippen LogP contribution is -2.19. The maximum Gasteiger partial charge on any atom is 0.316 e. The molecule has 0 bridgehead atoms. The van der Waals surface area contributed by atoms with E-state index in [0.29, 0.717) is 11.4 Å². The monoisotopic (exact) mass is 318 g/mol. The molecule has 3 aromatic carbocycles. The van der Waals surface area contributed by atoms with E-state index in [9.17, 15) is 4.79 Å². The number of nitrogens with two attached hydrogens (primary N) is 1. The Morgan fingerprint density at radius 3 is 2.33 bits per heavy atom. The first kappa shape index (κ1) is 15.7. The molecule has 120 valence electrons. The second-order valence-corrected chi connectivity index (χ2v) is 5.66. The van der Waals surface area contributed by atoms with Crippen molar-refractivity contribution in [3.63, 3.8) is 0 Å². The molecule has 0 fully saturated rings. The summed E-state index contributed by atoms with van der Waals surface area (Å²) in [5.74, 6) is 0. The van der Waals surface area contributed by atoms with Gasteiger partial charge in [0.15, 0.2) is 0 Å². The van der Waals surface area contributed by atoms with Gasteiger partial charge in [-0.1, -0.05) is 36.4 Å². The Labute approximate surface area is 140 Å². The Kier molecular flexibility index (Phi) is 4.24. The maximum atomic E-state index is 11.2. The normalized spacial score (nSPS) is 11.1. The highest BCUT2D eigenvalue weighted by Crippen LogP contribution is 2.32. The average Bonchev–Trinajstić information content (AvgIpc) is 2.55. The van der Waals surface area contributed by atoms with Crippen molar-refractivity contribution in [1.29, 1.82) is 0 Å². The largest absolute Gasteiger partial charge is 0.351 e. The predicted molar refractivity (Wildman–Crippen MR) is 97.2 cm³/mol. The Hall–Kier alpha value is -3.21. The Bertz CT molecular complexity index is 947. The Morgan fingerprint density at radius 2 is 1.58 bits per heavy atom. The van der Waals surface area contributed by atoms with Gasteiger partial charge in [0.1, 0.15) is 5.69 Å². The number of fused-ring (bicyclic) bond motifs is 1. The predicted octanol–water partition coefficient (Wildman–Crippen LogP) is 5.36. The molecule has 0 radical (unpaired) electrons. The fraction of sp³-hybridized carbons (Fsp3) is 0.105. The molecule has 3 aromatic rings. The van der Waals surface area contributed by atoms with Crippen LogP contribution in [0.4, 0.5) is 21.9 Å². The molecule has 3 N–H and O–H groups in total. The fourth-order valence-corrected chi connectivity index (χ4v) is 2.60.